The van der Waals surface area contributed by atoms with Crippen molar-refractivity contribution in [1.82, 2.24) is 4.98 Å². The second-order valence-electron chi connectivity index (χ2n) is 4.42. The number of aromatic nitrogens is 1. The molecular formula is C13H13N3OS. The zero-order chi connectivity index (χ0) is 12.5. The van der Waals surface area contributed by atoms with Crippen molar-refractivity contribution in [1.29, 1.82) is 0 Å². The second kappa shape index (κ2) is 4.51. The van der Waals surface area contributed by atoms with Gasteiger partial charge >= 0.3 is 0 Å². The Morgan fingerprint density at radius 3 is 3.11 bits per heavy atom. The lowest BCUT2D eigenvalue weighted by Crippen LogP contribution is -2.23. The summed E-state index contributed by atoms with van der Waals surface area (Å²) in [5, 5.41) is 2.92. The van der Waals surface area contributed by atoms with E-state index in [-0.39, 0.29) is 17.9 Å². The fraction of sp³-hybridized carbons (Fsp3) is 0.231. The molecule has 92 valence electrons. The topological polar surface area (TPSA) is 68.0 Å². The molecule has 4 nitrogen and oxygen atoms in total. The van der Waals surface area contributed by atoms with E-state index in [0.717, 1.165) is 15.9 Å². The van der Waals surface area contributed by atoms with Gasteiger partial charge in [-0.25, -0.2) is 4.98 Å². The van der Waals surface area contributed by atoms with Crippen LogP contribution in [0.15, 0.2) is 35.9 Å². The summed E-state index contributed by atoms with van der Waals surface area (Å²) in [4.78, 5) is 16.2. The average Bonchev–Trinajstić information content (AvgIpc) is 2.96. The molecular weight excluding hydrogens is 246 g/mol. The van der Waals surface area contributed by atoms with E-state index < -0.39 is 0 Å². The van der Waals surface area contributed by atoms with Gasteiger partial charge in [0.25, 0.3) is 0 Å². The number of hydrogen-bond acceptors (Lipinski definition) is 4. The lowest BCUT2D eigenvalue weighted by molar-refractivity contribution is -0.118. The van der Waals surface area contributed by atoms with Crippen molar-refractivity contribution in [2.75, 3.05) is 5.32 Å². The van der Waals surface area contributed by atoms with Crippen LogP contribution in [0.4, 0.5) is 5.69 Å². The number of hydrogen-bond donors (Lipinski definition) is 2. The van der Waals surface area contributed by atoms with E-state index >= 15 is 0 Å². The van der Waals surface area contributed by atoms with Crippen molar-refractivity contribution in [3.8, 4) is 0 Å². The maximum absolute atomic E-state index is 12.0. The van der Waals surface area contributed by atoms with Crippen LogP contribution in [0.2, 0.25) is 0 Å². The molecule has 1 aliphatic rings. The largest absolute Gasteiger partial charge is 0.326 e. The highest BCUT2D eigenvalue weighted by Crippen LogP contribution is 2.23. The highest BCUT2D eigenvalue weighted by Gasteiger charge is 2.22. The predicted molar refractivity (Wildman–Crippen MR) is 73.5 cm³/mol. The number of thiazole rings is 1. The molecule has 0 aliphatic heterocycles. The molecule has 1 heterocycles. The SMILES string of the molecule is NC1C=CC(C(=O)Nc2ccc3ncsc3c2)C1. The molecule has 1 aliphatic carbocycles. The normalized spacial score (nSPS) is 22.5. The number of fused-ring (bicyclic) bond motifs is 1. The third-order valence-electron chi connectivity index (χ3n) is 3.05. The Balaban J connectivity index is 1.75. The van der Waals surface area contributed by atoms with E-state index in [4.69, 9.17) is 5.73 Å². The third kappa shape index (κ3) is 2.14. The Labute approximate surface area is 109 Å². The number of nitrogens with one attached hydrogen (secondary N) is 1. The molecule has 0 saturated heterocycles. The van der Waals surface area contributed by atoms with Gasteiger partial charge in [-0.3, -0.25) is 4.79 Å². The first-order chi connectivity index (χ1) is 8.72. The van der Waals surface area contributed by atoms with Gasteiger partial charge in [0, 0.05) is 11.7 Å². The zero-order valence-corrected chi connectivity index (χ0v) is 10.5. The van der Waals surface area contributed by atoms with Crippen molar-refractivity contribution in [2.45, 2.75) is 12.5 Å². The summed E-state index contributed by atoms with van der Waals surface area (Å²) in [5.41, 5.74) is 9.31. The summed E-state index contributed by atoms with van der Waals surface area (Å²) >= 11 is 1.56. The number of benzene rings is 1. The molecule has 3 N–H and O–H groups in total. The van der Waals surface area contributed by atoms with Gasteiger partial charge in [-0.05, 0) is 24.6 Å². The van der Waals surface area contributed by atoms with Crippen molar-refractivity contribution in [3.05, 3.63) is 35.9 Å². The van der Waals surface area contributed by atoms with Crippen LogP contribution in [0.25, 0.3) is 10.2 Å². The Bertz CT molecular complexity index is 619. The third-order valence-corrected chi connectivity index (χ3v) is 3.84. The summed E-state index contributed by atoms with van der Waals surface area (Å²) in [6.07, 6.45) is 4.45. The molecule has 1 amide bonds. The Morgan fingerprint density at radius 1 is 1.44 bits per heavy atom. The van der Waals surface area contributed by atoms with E-state index in [1.807, 2.05) is 30.4 Å². The summed E-state index contributed by atoms with van der Waals surface area (Å²) in [5.74, 6) is -0.111. The first kappa shape index (κ1) is 11.4. The van der Waals surface area contributed by atoms with Crippen LogP contribution in [0.5, 0.6) is 0 Å². The first-order valence-electron chi connectivity index (χ1n) is 5.80. The summed E-state index contributed by atoms with van der Waals surface area (Å²) in [6, 6.07) is 5.74. The van der Waals surface area contributed by atoms with Gasteiger partial charge in [-0.15, -0.1) is 11.3 Å². The van der Waals surface area contributed by atoms with Crippen LogP contribution in [0.1, 0.15) is 6.42 Å². The number of nitrogens with two attached hydrogens (primary N) is 1. The predicted octanol–water partition coefficient (Wildman–Crippen LogP) is 2.14. The molecule has 2 atom stereocenters. The van der Waals surface area contributed by atoms with Crippen LogP contribution >= 0.6 is 11.3 Å². The van der Waals surface area contributed by atoms with E-state index in [2.05, 4.69) is 10.3 Å². The molecule has 0 bridgehead atoms. The molecule has 2 unspecified atom stereocenters. The van der Waals surface area contributed by atoms with Crippen LogP contribution in [0.3, 0.4) is 0 Å². The van der Waals surface area contributed by atoms with Gasteiger partial charge in [0.15, 0.2) is 0 Å². The smallest absolute Gasteiger partial charge is 0.231 e. The summed E-state index contributed by atoms with van der Waals surface area (Å²) in [6.45, 7) is 0. The molecule has 0 saturated carbocycles. The molecule has 0 fully saturated rings. The minimum absolute atomic E-state index is 0.00284. The number of anilines is 1. The van der Waals surface area contributed by atoms with Gasteiger partial charge in [0.05, 0.1) is 21.6 Å². The van der Waals surface area contributed by atoms with Gasteiger partial charge < -0.3 is 11.1 Å². The maximum Gasteiger partial charge on any atom is 0.231 e. The fourth-order valence-corrected chi connectivity index (χ4v) is 2.81. The Kier molecular flexibility index (Phi) is 2.85. The van der Waals surface area contributed by atoms with Crippen LogP contribution < -0.4 is 11.1 Å². The first-order valence-corrected chi connectivity index (χ1v) is 6.68. The molecule has 1 aromatic heterocycles. The fourth-order valence-electron chi connectivity index (χ4n) is 2.09. The number of amides is 1. The standard InChI is InChI=1S/C13H13N3OS/c14-9-2-1-8(5-9)13(17)16-10-3-4-11-12(6-10)18-7-15-11/h1-4,6-9H,5,14H2,(H,16,17). The molecule has 3 rings (SSSR count). The van der Waals surface area contributed by atoms with Gasteiger partial charge in [-0.1, -0.05) is 12.2 Å². The highest BCUT2D eigenvalue weighted by atomic mass is 32.1. The average molecular weight is 259 g/mol. The lowest BCUT2D eigenvalue weighted by atomic mass is 10.1. The number of carbonyl (C=O) groups excluding carboxylic acids is 1. The van der Waals surface area contributed by atoms with Crippen LogP contribution in [-0.2, 0) is 4.79 Å². The van der Waals surface area contributed by atoms with Crippen LogP contribution in [-0.4, -0.2) is 16.9 Å². The lowest BCUT2D eigenvalue weighted by Gasteiger charge is -2.10. The highest BCUT2D eigenvalue weighted by molar-refractivity contribution is 7.16. The van der Waals surface area contributed by atoms with E-state index in [1.165, 1.54) is 0 Å². The number of rotatable bonds is 2. The molecule has 1 aromatic carbocycles. The van der Waals surface area contributed by atoms with Crippen molar-refractivity contribution >= 4 is 33.1 Å². The van der Waals surface area contributed by atoms with E-state index in [9.17, 15) is 4.79 Å². The number of carbonyl (C=O) groups is 1. The minimum atomic E-state index is -0.114. The summed E-state index contributed by atoms with van der Waals surface area (Å²) in [7, 11) is 0. The van der Waals surface area contributed by atoms with Crippen molar-refractivity contribution in [3.63, 3.8) is 0 Å². The minimum Gasteiger partial charge on any atom is -0.326 e. The monoisotopic (exact) mass is 259 g/mol. The molecule has 0 spiro atoms. The van der Waals surface area contributed by atoms with Crippen LogP contribution in [0, 0.1) is 5.92 Å². The molecule has 5 heteroatoms. The number of nitrogens with zero attached hydrogens (tertiary/aromatic N) is 1. The maximum atomic E-state index is 12.0. The molecule has 18 heavy (non-hydrogen) atoms. The quantitative estimate of drug-likeness (QED) is 0.812. The second-order valence-corrected chi connectivity index (χ2v) is 5.30. The Morgan fingerprint density at radius 2 is 2.33 bits per heavy atom. The van der Waals surface area contributed by atoms with E-state index in [1.54, 1.807) is 16.8 Å². The van der Waals surface area contributed by atoms with Gasteiger partial charge in [0.2, 0.25) is 5.91 Å². The van der Waals surface area contributed by atoms with Gasteiger partial charge in [-0.2, -0.15) is 0 Å². The zero-order valence-electron chi connectivity index (χ0n) is 9.67. The van der Waals surface area contributed by atoms with Gasteiger partial charge in [0.1, 0.15) is 0 Å². The summed E-state index contributed by atoms with van der Waals surface area (Å²) < 4.78 is 1.08. The molecule has 2 aromatic rings. The Hall–Kier alpha value is -1.72. The van der Waals surface area contributed by atoms with Crippen molar-refractivity contribution in [2.24, 2.45) is 11.7 Å². The van der Waals surface area contributed by atoms with Crippen molar-refractivity contribution < 1.29 is 4.79 Å². The van der Waals surface area contributed by atoms with E-state index in [0.29, 0.717) is 6.42 Å². The molecule has 0 radical (unpaired) electrons.